The van der Waals surface area contributed by atoms with Gasteiger partial charge in [0.25, 0.3) is 17.7 Å². The fraction of sp³-hybridized carbons (Fsp3) is 0.286. The normalized spacial score (nSPS) is 12.4. The molecule has 3 amide bonds. The fourth-order valence-electron chi connectivity index (χ4n) is 3.02. The van der Waals surface area contributed by atoms with E-state index in [4.69, 9.17) is 4.74 Å². The highest BCUT2D eigenvalue weighted by Crippen LogP contribution is 2.30. The van der Waals surface area contributed by atoms with Crippen LogP contribution >= 0.6 is 12.4 Å². The molecule has 3 rings (SSSR count). The molecule has 0 unspecified atom stereocenters. The van der Waals surface area contributed by atoms with Crippen molar-refractivity contribution in [2.24, 2.45) is 0 Å². The van der Waals surface area contributed by atoms with Gasteiger partial charge in [-0.3, -0.25) is 14.4 Å². The first-order chi connectivity index (χ1) is 13.6. The number of nitrogens with zero attached hydrogens (tertiary/aromatic N) is 1. The zero-order chi connectivity index (χ0) is 20.1. The van der Waals surface area contributed by atoms with E-state index >= 15 is 0 Å². The van der Waals surface area contributed by atoms with Crippen molar-refractivity contribution in [1.29, 1.82) is 0 Å². The van der Waals surface area contributed by atoms with Crippen molar-refractivity contribution in [2.45, 2.75) is 13.8 Å². The van der Waals surface area contributed by atoms with Crippen molar-refractivity contribution in [3.8, 4) is 5.75 Å². The zero-order valence-electron chi connectivity index (χ0n) is 16.4. The molecule has 0 saturated carbocycles. The first kappa shape index (κ1) is 22.4. The fourth-order valence-corrected chi connectivity index (χ4v) is 3.02. The molecule has 1 heterocycles. The van der Waals surface area contributed by atoms with E-state index in [-0.39, 0.29) is 23.9 Å². The second kappa shape index (κ2) is 10.0. The number of fused-ring (bicyclic) bond motifs is 1. The lowest BCUT2D eigenvalue weighted by molar-refractivity contribution is 0.0923. The number of benzene rings is 2. The molecule has 0 fully saturated rings. The van der Waals surface area contributed by atoms with Crippen molar-refractivity contribution in [2.75, 3.05) is 31.1 Å². The monoisotopic (exact) mass is 417 g/mol. The van der Waals surface area contributed by atoms with Crippen molar-refractivity contribution in [1.82, 2.24) is 10.6 Å². The molecule has 7 nitrogen and oxygen atoms in total. The van der Waals surface area contributed by atoms with Crippen LogP contribution in [0.5, 0.6) is 5.75 Å². The van der Waals surface area contributed by atoms with Gasteiger partial charge in [0.1, 0.15) is 5.75 Å². The predicted octanol–water partition coefficient (Wildman–Crippen LogP) is 2.65. The summed E-state index contributed by atoms with van der Waals surface area (Å²) < 4.78 is 5.39. The molecule has 29 heavy (non-hydrogen) atoms. The summed E-state index contributed by atoms with van der Waals surface area (Å²) in [5, 5.41) is 5.90. The Morgan fingerprint density at radius 1 is 0.966 bits per heavy atom. The Morgan fingerprint density at radius 2 is 1.66 bits per heavy atom. The van der Waals surface area contributed by atoms with Crippen LogP contribution in [0.25, 0.3) is 0 Å². The summed E-state index contributed by atoms with van der Waals surface area (Å²) in [6.07, 6.45) is 0. The molecule has 1 aliphatic heterocycles. The Hall–Kier alpha value is -2.90. The molecular formula is C21H24ClN3O4. The minimum Gasteiger partial charge on any atom is -0.494 e. The van der Waals surface area contributed by atoms with E-state index < -0.39 is 11.8 Å². The Balaban J connectivity index is 0.00000300. The molecule has 0 aromatic heterocycles. The Bertz CT molecular complexity index is 899. The minimum atomic E-state index is -0.438. The van der Waals surface area contributed by atoms with Crippen molar-refractivity contribution in [3.63, 3.8) is 0 Å². The number of hydrogen-bond acceptors (Lipinski definition) is 5. The summed E-state index contributed by atoms with van der Waals surface area (Å²) in [4.78, 5) is 38.9. The van der Waals surface area contributed by atoms with Crippen LogP contribution in [0.15, 0.2) is 42.5 Å². The summed E-state index contributed by atoms with van der Waals surface area (Å²) in [6.45, 7) is 6.37. The first-order valence-electron chi connectivity index (χ1n) is 9.31. The van der Waals surface area contributed by atoms with Gasteiger partial charge in [0.15, 0.2) is 0 Å². The highest BCUT2D eigenvalue weighted by atomic mass is 35.5. The number of anilines is 1. The van der Waals surface area contributed by atoms with Crippen molar-refractivity contribution < 1.29 is 19.1 Å². The molecule has 154 valence electrons. The van der Waals surface area contributed by atoms with E-state index in [1.807, 2.05) is 13.8 Å². The van der Waals surface area contributed by atoms with Gasteiger partial charge in [0.05, 0.1) is 23.4 Å². The molecule has 0 saturated heterocycles. The molecular weight excluding hydrogens is 394 g/mol. The molecule has 0 spiro atoms. The topological polar surface area (TPSA) is 87.7 Å². The molecule has 2 aromatic rings. The smallest absolute Gasteiger partial charge is 0.266 e. The van der Waals surface area contributed by atoms with Crippen LogP contribution in [-0.4, -0.2) is 44.0 Å². The second-order valence-electron chi connectivity index (χ2n) is 6.24. The van der Waals surface area contributed by atoms with E-state index in [0.29, 0.717) is 42.3 Å². The standard InChI is InChI=1S/C21H23N3O4.ClH/c1-3-22-11-12-23-19(25)14-5-10-17-18(13-14)21(27)24(20(17)26)15-6-8-16(9-7-15)28-4-2;/h5-10,13,22H,3-4,11-12H2,1-2H3,(H,23,25);1H. The van der Waals surface area contributed by atoms with Gasteiger partial charge >= 0.3 is 0 Å². The maximum Gasteiger partial charge on any atom is 0.266 e. The van der Waals surface area contributed by atoms with E-state index in [1.165, 1.54) is 12.1 Å². The molecule has 1 aliphatic rings. The Labute approximate surface area is 175 Å². The van der Waals surface area contributed by atoms with Gasteiger partial charge in [0, 0.05) is 18.7 Å². The number of carbonyl (C=O) groups excluding carboxylic acids is 3. The number of ether oxygens (including phenoxy) is 1. The average molecular weight is 418 g/mol. The van der Waals surface area contributed by atoms with Gasteiger partial charge in [-0.05, 0) is 55.9 Å². The van der Waals surface area contributed by atoms with Crippen molar-refractivity contribution in [3.05, 3.63) is 59.2 Å². The second-order valence-corrected chi connectivity index (χ2v) is 6.24. The van der Waals surface area contributed by atoms with Crippen LogP contribution in [0.3, 0.4) is 0 Å². The predicted molar refractivity (Wildman–Crippen MR) is 113 cm³/mol. The van der Waals surface area contributed by atoms with Crippen molar-refractivity contribution >= 4 is 35.8 Å². The quantitative estimate of drug-likeness (QED) is 0.509. The maximum absolute atomic E-state index is 12.8. The van der Waals surface area contributed by atoms with E-state index in [1.54, 1.807) is 30.3 Å². The number of rotatable bonds is 8. The lowest BCUT2D eigenvalue weighted by Crippen LogP contribution is -2.31. The SMILES string of the molecule is CCNCCNC(=O)c1ccc2c(c1)C(=O)N(c1ccc(OCC)cc1)C2=O.Cl. The van der Waals surface area contributed by atoms with Crippen LogP contribution in [0.1, 0.15) is 44.9 Å². The van der Waals surface area contributed by atoms with Gasteiger partial charge in [0.2, 0.25) is 0 Å². The number of nitrogens with one attached hydrogen (secondary N) is 2. The van der Waals surface area contributed by atoms with Gasteiger partial charge in [-0.15, -0.1) is 12.4 Å². The van der Waals surface area contributed by atoms with Crippen LogP contribution in [-0.2, 0) is 0 Å². The third-order valence-corrected chi connectivity index (χ3v) is 4.39. The summed E-state index contributed by atoms with van der Waals surface area (Å²) in [7, 11) is 0. The van der Waals surface area contributed by atoms with Gasteiger partial charge in [-0.1, -0.05) is 6.92 Å². The molecule has 2 N–H and O–H groups in total. The van der Waals surface area contributed by atoms with Crippen LogP contribution < -0.4 is 20.3 Å². The van der Waals surface area contributed by atoms with E-state index in [9.17, 15) is 14.4 Å². The summed E-state index contributed by atoms with van der Waals surface area (Å²) in [5.74, 6) is -0.449. The molecule has 8 heteroatoms. The number of likely N-dealkylation sites (N-methyl/N-ethyl adjacent to an activating group) is 1. The minimum absolute atomic E-state index is 0. The van der Waals surface area contributed by atoms with Crippen LogP contribution in [0, 0.1) is 0 Å². The summed E-state index contributed by atoms with van der Waals surface area (Å²) >= 11 is 0. The third-order valence-electron chi connectivity index (χ3n) is 4.39. The molecule has 0 bridgehead atoms. The molecule has 0 aliphatic carbocycles. The largest absolute Gasteiger partial charge is 0.494 e. The summed E-state index contributed by atoms with van der Waals surface area (Å²) in [6, 6.07) is 11.3. The summed E-state index contributed by atoms with van der Waals surface area (Å²) in [5.41, 5.74) is 1.34. The zero-order valence-corrected chi connectivity index (χ0v) is 17.2. The highest BCUT2D eigenvalue weighted by molar-refractivity contribution is 6.34. The van der Waals surface area contributed by atoms with Gasteiger partial charge in [-0.2, -0.15) is 0 Å². The van der Waals surface area contributed by atoms with Crippen LogP contribution in [0.4, 0.5) is 5.69 Å². The molecule has 0 radical (unpaired) electrons. The number of carbonyl (C=O) groups is 3. The highest BCUT2D eigenvalue weighted by Gasteiger charge is 2.37. The van der Waals surface area contributed by atoms with Gasteiger partial charge in [-0.25, -0.2) is 4.90 Å². The maximum atomic E-state index is 12.8. The Morgan fingerprint density at radius 3 is 2.31 bits per heavy atom. The van der Waals surface area contributed by atoms with E-state index in [2.05, 4.69) is 10.6 Å². The third kappa shape index (κ3) is 4.75. The Kier molecular flexibility index (Phi) is 7.75. The molecule has 0 atom stereocenters. The molecule has 2 aromatic carbocycles. The number of imide groups is 1. The lowest BCUT2D eigenvalue weighted by Gasteiger charge is -2.14. The lowest BCUT2D eigenvalue weighted by atomic mass is 10.1. The van der Waals surface area contributed by atoms with Gasteiger partial charge < -0.3 is 15.4 Å². The number of hydrogen-bond donors (Lipinski definition) is 2. The number of amides is 3. The number of halogens is 1. The average Bonchev–Trinajstić information content (AvgIpc) is 2.96. The first-order valence-corrected chi connectivity index (χ1v) is 9.31. The van der Waals surface area contributed by atoms with Crippen LogP contribution in [0.2, 0.25) is 0 Å². The van der Waals surface area contributed by atoms with E-state index in [0.717, 1.165) is 11.4 Å².